The minimum atomic E-state index is -5.50. The molecule has 162 valence electrons. The van der Waals surface area contributed by atoms with Crippen LogP contribution in [0.3, 0.4) is 0 Å². The molecule has 10 heteroatoms. The lowest BCUT2D eigenvalue weighted by Crippen LogP contribution is -2.23. The first-order chi connectivity index (χ1) is 13.7. The highest BCUT2D eigenvalue weighted by molar-refractivity contribution is 7.92. The Morgan fingerprint density at radius 3 is 2.33 bits per heavy atom. The van der Waals surface area contributed by atoms with Gasteiger partial charge in [-0.1, -0.05) is 39.3 Å². The number of benzene rings is 2. The number of hydrogen-bond donors (Lipinski definition) is 2. The van der Waals surface area contributed by atoms with Crippen molar-refractivity contribution in [1.82, 2.24) is 9.97 Å². The topological polar surface area (TPSA) is 83.1 Å². The molecule has 0 saturated carbocycles. The largest absolute Gasteiger partial charge is 0.507 e. The number of phenols is 1. The number of sulfone groups is 1. The number of imidazole rings is 1. The number of nitrogens with zero attached hydrogens (tertiary/aromatic N) is 1. The molecule has 5 nitrogen and oxygen atoms in total. The SMILES string of the molecule is CCc1c(Cl)cc(C(C)(C)C)c(O)c1-c1nc2cc(S(=O)(=O)C(F)(F)F)ccc2[nH]1. The van der Waals surface area contributed by atoms with E-state index in [0.29, 0.717) is 33.7 Å². The molecule has 0 unspecified atom stereocenters. The molecule has 0 aliphatic heterocycles. The maximum atomic E-state index is 12.9. The molecule has 2 aromatic carbocycles. The van der Waals surface area contributed by atoms with E-state index in [0.717, 1.165) is 12.1 Å². The molecule has 2 N–H and O–H groups in total. The fourth-order valence-corrected chi connectivity index (χ4v) is 4.37. The van der Waals surface area contributed by atoms with Gasteiger partial charge in [-0.3, -0.25) is 0 Å². The van der Waals surface area contributed by atoms with Crippen molar-refractivity contribution in [3.8, 4) is 17.1 Å². The van der Waals surface area contributed by atoms with Crippen LogP contribution in [0.4, 0.5) is 13.2 Å². The van der Waals surface area contributed by atoms with Crippen molar-refractivity contribution < 1.29 is 26.7 Å². The van der Waals surface area contributed by atoms with E-state index in [1.165, 1.54) is 6.07 Å². The number of aromatic hydroxyl groups is 1. The number of H-pyrrole nitrogens is 1. The lowest BCUT2D eigenvalue weighted by atomic mass is 9.83. The van der Waals surface area contributed by atoms with Crippen LogP contribution < -0.4 is 0 Å². The van der Waals surface area contributed by atoms with Crippen LogP contribution >= 0.6 is 11.6 Å². The van der Waals surface area contributed by atoms with Crippen molar-refractivity contribution in [2.24, 2.45) is 0 Å². The van der Waals surface area contributed by atoms with Crippen LogP contribution in [-0.2, 0) is 21.7 Å². The Morgan fingerprint density at radius 2 is 1.80 bits per heavy atom. The number of alkyl halides is 3. The summed E-state index contributed by atoms with van der Waals surface area (Å²) in [6.07, 6.45) is 0.469. The van der Waals surface area contributed by atoms with Gasteiger partial charge < -0.3 is 10.1 Å². The number of phenolic OH excluding ortho intramolecular Hbond substituents is 1. The quantitative estimate of drug-likeness (QED) is 0.522. The summed E-state index contributed by atoms with van der Waals surface area (Å²) >= 11 is 6.44. The van der Waals surface area contributed by atoms with Gasteiger partial charge in [0, 0.05) is 10.6 Å². The van der Waals surface area contributed by atoms with Crippen molar-refractivity contribution in [3.63, 3.8) is 0 Å². The molecule has 0 aliphatic rings. The van der Waals surface area contributed by atoms with Gasteiger partial charge in [-0.25, -0.2) is 13.4 Å². The summed E-state index contributed by atoms with van der Waals surface area (Å²) in [6.45, 7) is 7.56. The van der Waals surface area contributed by atoms with Crippen molar-refractivity contribution >= 4 is 32.5 Å². The summed E-state index contributed by atoms with van der Waals surface area (Å²) in [4.78, 5) is 6.31. The Hall–Kier alpha value is -2.26. The maximum absolute atomic E-state index is 12.9. The molecule has 0 atom stereocenters. The van der Waals surface area contributed by atoms with Gasteiger partial charge in [0.15, 0.2) is 0 Å². The Bertz CT molecular complexity index is 1240. The zero-order valence-corrected chi connectivity index (χ0v) is 18.2. The molecular weight excluding hydrogens is 441 g/mol. The van der Waals surface area contributed by atoms with Crippen LogP contribution in [-0.4, -0.2) is 29.0 Å². The van der Waals surface area contributed by atoms with Gasteiger partial charge in [-0.2, -0.15) is 13.2 Å². The zero-order chi connectivity index (χ0) is 22.6. The smallest absolute Gasteiger partial charge is 0.501 e. The van der Waals surface area contributed by atoms with Crippen LogP contribution in [0.2, 0.25) is 5.02 Å². The van der Waals surface area contributed by atoms with Crippen molar-refractivity contribution in [3.05, 3.63) is 40.4 Å². The molecule has 0 fully saturated rings. The number of fused-ring (bicyclic) bond motifs is 1. The van der Waals surface area contributed by atoms with Crippen LogP contribution in [0, 0.1) is 0 Å². The predicted molar refractivity (Wildman–Crippen MR) is 110 cm³/mol. The third-order valence-corrected chi connectivity index (χ3v) is 6.64. The molecule has 0 radical (unpaired) electrons. The van der Waals surface area contributed by atoms with E-state index in [9.17, 15) is 26.7 Å². The van der Waals surface area contributed by atoms with E-state index in [2.05, 4.69) is 9.97 Å². The van der Waals surface area contributed by atoms with Crippen molar-refractivity contribution in [2.45, 2.75) is 49.9 Å². The van der Waals surface area contributed by atoms with E-state index in [4.69, 9.17) is 11.6 Å². The molecule has 1 heterocycles. The van der Waals surface area contributed by atoms with Gasteiger partial charge in [0.1, 0.15) is 11.6 Å². The summed E-state index contributed by atoms with van der Waals surface area (Å²) in [7, 11) is -5.50. The van der Waals surface area contributed by atoms with E-state index < -0.39 is 25.7 Å². The van der Waals surface area contributed by atoms with E-state index in [1.807, 2.05) is 27.7 Å². The number of halogens is 4. The van der Waals surface area contributed by atoms with Gasteiger partial charge >= 0.3 is 5.51 Å². The monoisotopic (exact) mass is 460 g/mol. The molecule has 0 aliphatic carbocycles. The van der Waals surface area contributed by atoms with E-state index in [1.54, 1.807) is 6.07 Å². The fraction of sp³-hybridized carbons (Fsp3) is 0.350. The Morgan fingerprint density at radius 1 is 1.17 bits per heavy atom. The molecule has 3 rings (SSSR count). The Kier molecular flexibility index (Phi) is 5.35. The summed E-state index contributed by atoms with van der Waals surface area (Å²) in [5, 5.41) is 11.4. The van der Waals surface area contributed by atoms with E-state index in [-0.39, 0.29) is 17.1 Å². The van der Waals surface area contributed by atoms with Crippen LogP contribution in [0.5, 0.6) is 5.75 Å². The lowest BCUT2D eigenvalue weighted by Gasteiger charge is -2.24. The minimum Gasteiger partial charge on any atom is -0.507 e. The zero-order valence-electron chi connectivity index (χ0n) is 16.6. The van der Waals surface area contributed by atoms with Crippen molar-refractivity contribution in [2.75, 3.05) is 0 Å². The highest BCUT2D eigenvalue weighted by Gasteiger charge is 2.47. The van der Waals surface area contributed by atoms with Crippen LogP contribution in [0.1, 0.15) is 38.8 Å². The Labute approximate surface area is 176 Å². The number of aromatic nitrogens is 2. The molecule has 0 bridgehead atoms. The predicted octanol–water partition coefficient (Wildman–Crippen LogP) is 5.74. The highest BCUT2D eigenvalue weighted by atomic mass is 35.5. The third-order valence-electron chi connectivity index (χ3n) is 4.82. The summed E-state index contributed by atoms with van der Waals surface area (Å²) in [5.41, 5.74) is -3.97. The molecular formula is C20H20ClF3N2O3S. The summed E-state index contributed by atoms with van der Waals surface area (Å²) < 4.78 is 62.0. The molecule has 0 saturated heterocycles. The third kappa shape index (κ3) is 3.65. The van der Waals surface area contributed by atoms with Gasteiger partial charge in [0.2, 0.25) is 0 Å². The number of aromatic amines is 1. The normalized spacial score (nSPS) is 13.2. The average molecular weight is 461 g/mol. The summed E-state index contributed by atoms with van der Waals surface area (Å²) in [5.74, 6) is 0.153. The molecule has 0 spiro atoms. The number of rotatable bonds is 3. The standard InChI is InChI=1S/C20H20ClF3N2O3S/c1-5-11-13(21)9-12(19(2,3)4)17(27)16(11)18-25-14-7-6-10(8-15(14)26-18)30(28,29)20(22,23)24/h6-9,27H,5H2,1-4H3,(H,25,26). The van der Waals surface area contributed by atoms with Crippen LogP contribution in [0.15, 0.2) is 29.2 Å². The van der Waals surface area contributed by atoms with Gasteiger partial charge in [0.05, 0.1) is 21.5 Å². The minimum absolute atomic E-state index is 0.0223. The van der Waals surface area contributed by atoms with E-state index >= 15 is 0 Å². The maximum Gasteiger partial charge on any atom is 0.501 e. The first-order valence-corrected chi connectivity index (χ1v) is 10.9. The first-order valence-electron chi connectivity index (χ1n) is 9.04. The lowest BCUT2D eigenvalue weighted by molar-refractivity contribution is -0.0435. The fourth-order valence-electron chi connectivity index (χ4n) is 3.26. The highest BCUT2D eigenvalue weighted by Crippen LogP contribution is 2.44. The second-order valence-corrected chi connectivity index (χ2v) is 10.3. The van der Waals surface area contributed by atoms with Gasteiger partial charge in [-0.05, 0) is 41.7 Å². The first kappa shape index (κ1) is 22.4. The second kappa shape index (κ2) is 7.16. The van der Waals surface area contributed by atoms with Gasteiger partial charge in [-0.15, -0.1) is 0 Å². The average Bonchev–Trinajstić information content (AvgIpc) is 3.03. The molecule has 3 aromatic rings. The molecule has 0 amide bonds. The van der Waals surface area contributed by atoms with Gasteiger partial charge in [0.25, 0.3) is 9.84 Å². The molecule has 30 heavy (non-hydrogen) atoms. The summed E-state index contributed by atoms with van der Waals surface area (Å²) in [6, 6.07) is 4.63. The molecule has 1 aromatic heterocycles. The second-order valence-electron chi connectivity index (χ2n) is 7.93. The van der Waals surface area contributed by atoms with Crippen molar-refractivity contribution in [1.29, 1.82) is 0 Å². The Balaban J connectivity index is 2.27. The number of hydrogen-bond acceptors (Lipinski definition) is 4. The number of nitrogens with one attached hydrogen (secondary N) is 1. The van der Waals surface area contributed by atoms with Crippen LogP contribution in [0.25, 0.3) is 22.4 Å².